The minimum atomic E-state index is -0.668. The van der Waals surface area contributed by atoms with E-state index in [1.807, 2.05) is 25.1 Å². The van der Waals surface area contributed by atoms with Gasteiger partial charge in [-0.15, -0.1) is 0 Å². The molecule has 6 nitrogen and oxygen atoms in total. The van der Waals surface area contributed by atoms with Crippen LogP contribution in [0.2, 0.25) is 0 Å². The number of aryl methyl sites for hydroxylation is 1. The highest BCUT2D eigenvalue weighted by Gasteiger charge is 2.34. The van der Waals surface area contributed by atoms with Crippen molar-refractivity contribution in [2.45, 2.75) is 19.6 Å². The van der Waals surface area contributed by atoms with Gasteiger partial charge in [-0.2, -0.15) is 0 Å². The molecule has 1 saturated heterocycles. The van der Waals surface area contributed by atoms with Gasteiger partial charge >= 0.3 is 0 Å². The standard InChI is InChI=1S/C20H19FN2O4/c1-12-3-2-4-13(5-12)10-26-14-8-23(9-14)20(25)15-6-17-18(7-16(15)21)27-11-19(24)22-17/h2-7,14H,8-11H2,1H3,(H,22,24). The number of hydrogen-bond donors (Lipinski definition) is 1. The van der Waals surface area contributed by atoms with Crippen molar-refractivity contribution >= 4 is 17.5 Å². The molecule has 2 aromatic rings. The maximum absolute atomic E-state index is 14.3. The van der Waals surface area contributed by atoms with Crippen molar-refractivity contribution in [3.8, 4) is 5.75 Å². The molecule has 1 N–H and O–H groups in total. The van der Waals surface area contributed by atoms with Crippen LogP contribution >= 0.6 is 0 Å². The van der Waals surface area contributed by atoms with E-state index in [4.69, 9.17) is 9.47 Å². The molecule has 2 aliphatic heterocycles. The summed E-state index contributed by atoms with van der Waals surface area (Å²) in [6.45, 7) is 3.15. The van der Waals surface area contributed by atoms with Gasteiger partial charge in [-0.05, 0) is 18.6 Å². The van der Waals surface area contributed by atoms with E-state index in [1.54, 1.807) is 0 Å². The number of fused-ring (bicyclic) bond motifs is 1. The van der Waals surface area contributed by atoms with Crippen molar-refractivity contribution in [3.05, 3.63) is 58.9 Å². The zero-order chi connectivity index (χ0) is 19.0. The van der Waals surface area contributed by atoms with Crippen LogP contribution in [0.4, 0.5) is 10.1 Å². The van der Waals surface area contributed by atoms with Crippen LogP contribution in [0.1, 0.15) is 21.5 Å². The van der Waals surface area contributed by atoms with E-state index < -0.39 is 11.7 Å². The topological polar surface area (TPSA) is 67.9 Å². The van der Waals surface area contributed by atoms with E-state index in [1.165, 1.54) is 16.5 Å². The molecule has 2 aromatic carbocycles. The average molecular weight is 370 g/mol. The maximum atomic E-state index is 14.3. The van der Waals surface area contributed by atoms with Crippen LogP contribution in [0.5, 0.6) is 5.75 Å². The molecule has 0 saturated carbocycles. The number of benzene rings is 2. The van der Waals surface area contributed by atoms with Gasteiger partial charge in [0.2, 0.25) is 0 Å². The van der Waals surface area contributed by atoms with Crippen LogP contribution in [0.15, 0.2) is 36.4 Å². The SMILES string of the molecule is Cc1cccc(COC2CN(C(=O)c3cc4c(cc3F)OCC(=O)N4)C2)c1. The zero-order valence-corrected chi connectivity index (χ0v) is 14.8. The number of carbonyl (C=O) groups is 2. The fourth-order valence-corrected chi connectivity index (χ4v) is 3.16. The molecule has 0 atom stereocenters. The van der Waals surface area contributed by atoms with E-state index in [2.05, 4.69) is 11.4 Å². The molecule has 2 aliphatic rings. The Morgan fingerprint density at radius 2 is 2.15 bits per heavy atom. The van der Waals surface area contributed by atoms with Gasteiger partial charge in [-0.1, -0.05) is 29.8 Å². The van der Waals surface area contributed by atoms with Crippen molar-refractivity contribution < 1.29 is 23.5 Å². The van der Waals surface area contributed by atoms with Gasteiger partial charge in [-0.3, -0.25) is 9.59 Å². The van der Waals surface area contributed by atoms with Crippen LogP contribution in [0.3, 0.4) is 0 Å². The van der Waals surface area contributed by atoms with Crippen molar-refractivity contribution in [2.24, 2.45) is 0 Å². The molecule has 0 unspecified atom stereocenters. The normalized spacial score (nSPS) is 16.2. The highest BCUT2D eigenvalue weighted by Crippen LogP contribution is 2.31. The second-order valence-corrected chi connectivity index (χ2v) is 6.80. The summed E-state index contributed by atoms with van der Waals surface area (Å²) < 4.78 is 25.2. The van der Waals surface area contributed by atoms with Crippen LogP contribution in [0.25, 0.3) is 0 Å². The quantitative estimate of drug-likeness (QED) is 0.898. The lowest BCUT2D eigenvalue weighted by Gasteiger charge is -2.39. The Balaban J connectivity index is 1.36. The summed E-state index contributed by atoms with van der Waals surface area (Å²) in [6.07, 6.45) is -0.0711. The first-order valence-corrected chi connectivity index (χ1v) is 8.72. The first kappa shape index (κ1) is 17.5. The fraction of sp³-hybridized carbons (Fsp3) is 0.300. The van der Waals surface area contributed by atoms with E-state index in [9.17, 15) is 14.0 Å². The predicted octanol–water partition coefficient (Wildman–Crippen LogP) is 2.51. The third kappa shape index (κ3) is 3.64. The number of halogens is 1. The number of nitrogens with zero attached hydrogens (tertiary/aromatic N) is 1. The summed E-state index contributed by atoms with van der Waals surface area (Å²) in [4.78, 5) is 25.5. The number of hydrogen-bond acceptors (Lipinski definition) is 4. The summed E-state index contributed by atoms with van der Waals surface area (Å²) in [6, 6.07) is 10.5. The number of likely N-dealkylation sites (tertiary alicyclic amines) is 1. The van der Waals surface area contributed by atoms with Crippen LogP contribution in [0, 0.1) is 12.7 Å². The maximum Gasteiger partial charge on any atom is 0.262 e. The van der Waals surface area contributed by atoms with Gasteiger partial charge in [-0.25, -0.2) is 4.39 Å². The van der Waals surface area contributed by atoms with Crippen molar-refractivity contribution in [2.75, 3.05) is 25.0 Å². The van der Waals surface area contributed by atoms with Gasteiger partial charge in [0.25, 0.3) is 11.8 Å². The van der Waals surface area contributed by atoms with Crippen molar-refractivity contribution in [3.63, 3.8) is 0 Å². The Morgan fingerprint density at radius 1 is 1.33 bits per heavy atom. The Kier molecular flexibility index (Phi) is 4.53. The average Bonchev–Trinajstić information content (AvgIpc) is 2.60. The molecule has 140 valence electrons. The lowest BCUT2D eigenvalue weighted by molar-refractivity contribution is -0.118. The molecule has 27 heavy (non-hydrogen) atoms. The Labute approximate surface area is 155 Å². The summed E-state index contributed by atoms with van der Waals surface area (Å²) in [7, 11) is 0. The third-order valence-corrected chi connectivity index (χ3v) is 4.64. The highest BCUT2D eigenvalue weighted by atomic mass is 19.1. The highest BCUT2D eigenvalue weighted by molar-refractivity contribution is 6.00. The minimum Gasteiger partial charge on any atom is -0.481 e. The molecular formula is C20H19FN2O4. The number of rotatable bonds is 4. The Bertz CT molecular complexity index is 909. The summed E-state index contributed by atoms with van der Waals surface area (Å²) in [5.41, 5.74) is 2.47. The molecular weight excluding hydrogens is 351 g/mol. The summed E-state index contributed by atoms with van der Waals surface area (Å²) in [5, 5.41) is 2.58. The molecule has 2 amide bonds. The molecule has 0 aromatic heterocycles. The van der Waals surface area contributed by atoms with E-state index in [-0.39, 0.29) is 29.9 Å². The molecule has 0 radical (unpaired) electrons. The number of amides is 2. The second-order valence-electron chi connectivity index (χ2n) is 6.80. The van der Waals surface area contributed by atoms with Crippen LogP contribution in [-0.4, -0.2) is 42.5 Å². The first-order valence-electron chi connectivity index (χ1n) is 8.72. The van der Waals surface area contributed by atoms with Crippen LogP contribution in [-0.2, 0) is 16.1 Å². The van der Waals surface area contributed by atoms with Crippen molar-refractivity contribution in [1.29, 1.82) is 0 Å². The second kappa shape index (κ2) is 7.00. The number of carbonyl (C=O) groups excluding carboxylic acids is 2. The monoisotopic (exact) mass is 370 g/mol. The molecule has 0 bridgehead atoms. The fourth-order valence-electron chi connectivity index (χ4n) is 3.16. The molecule has 1 fully saturated rings. The predicted molar refractivity (Wildman–Crippen MR) is 96.2 cm³/mol. The van der Waals surface area contributed by atoms with Gasteiger partial charge < -0.3 is 19.7 Å². The largest absolute Gasteiger partial charge is 0.481 e. The van der Waals surface area contributed by atoms with E-state index >= 15 is 0 Å². The minimum absolute atomic E-state index is 0.0711. The van der Waals surface area contributed by atoms with Gasteiger partial charge in [0.1, 0.15) is 11.6 Å². The molecule has 2 heterocycles. The summed E-state index contributed by atoms with van der Waals surface area (Å²) >= 11 is 0. The van der Waals surface area contributed by atoms with E-state index in [0.29, 0.717) is 25.4 Å². The van der Waals surface area contributed by atoms with Gasteiger partial charge in [0.05, 0.1) is 24.0 Å². The molecule has 4 rings (SSSR count). The lowest BCUT2D eigenvalue weighted by atomic mass is 10.1. The third-order valence-electron chi connectivity index (χ3n) is 4.64. The number of anilines is 1. The van der Waals surface area contributed by atoms with E-state index in [0.717, 1.165) is 11.6 Å². The molecule has 0 spiro atoms. The van der Waals surface area contributed by atoms with Gasteiger partial charge in [0, 0.05) is 19.2 Å². The number of ether oxygens (including phenoxy) is 2. The lowest BCUT2D eigenvalue weighted by Crippen LogP contribution is -2.54. The molecule has 0 aliphatic carbocycles. The number of nitrogens with one attached hydrogen (secondary N) is 1. The van der Waals surface area contributed by atoms with Crippen LogP contribution < -0.4 is 10.1 Å². The summed E-state index contributed by atoms with van der Waals surface area (Å²) in [5.74, 6) is -1.20. The van der Waals surface area contributed by atoms with Crippen molar-refractivity contribution in [1.82, 2.24) is 4.90 Å². The smallest absolute Gasteiger partial charge is 0.262 e. The Hall–Kier alpha value is -2.93. The Morgan fingerprint density at radius 3 is 2.93 bits per heavy atom. The molecule has 7 heteroatoms. The first-order chi connectivity index (χ1) is 13.0. The zero-order valence-electron chi connectivity index (χ0n) is 14.8. The van der Waals surface area contributed by atoms with Gasteiger partial charge in [0.15, 0.2) is 6.61 Å².